The molecule has 6 heteroatoms. The molecule has 2 rings (SSSR count). The number of Topliss-reactive ketones (excluding diaryl/α,β-unsaturated/α-hetero) is 1. The summed E-state index contributed by atoms with van der Waals surface area (Å²) in [5, 5.41) is 2.59. The van der Waals surface area contributed by atoms with Crippen molar-refractivity contribution in [1.82, 2.24) is 5.32 Å². The number of benzene rings is 1. The van der Waals surface area contributed by atoms with E-state index in [0.29, 0.717) is 18.4 Å². The van der Waals surface area contributed by atoms with E-state index in [4.69, 9.17) is 4.74 Å². The highest BCUT2D eigenvalue weighted by Crippen LogP contribution is 2.38. The highest BCUT2D eigenvalue weighted by molar-refractivity contribution is 5.95. The molecule has 1 aromatic carbocycles. The average molecular weight is 319 g/mol. The first-order chi connectivity index (χ1) is 11.1. The summed E-state index contributed by atoms with van der Waals surface area (Å²) in [5.41, 5.74) is -1.06. The third-order valence-electron chi connectivity index (χ3n) is 4.30. The summed E-state index contributed by atoms with van der Waals surface area (Å²) < 4.78 is 9.63. The number of ether oxygens (including phenoxy) is 2. The van der Waals surface area contributed by atoms with Crippen LogP contribution in [0, 0.1) is 5.92 Å². The van der Waals surface area contributed by atoms with Gasteiger partial charge in [-0.25, -0.2) is 9.59 Å². The Morgan fingerprint density at radius 3 is 2.39 bits per heavy atom. The van der Waals surface area contributed by atoms with Crippen molar-refractivity contribution in [3.05, 3.63) is 35.9 Å². The van der Waals surface area contributed by atoms with E-state index in [2.05, 4.69) is 10.1 Å². The third kappa shape index (κ3) is 3.21. The first kappa shape index (κ1) is 17.0. The van der Waals surface area contributed by atoms with Gasteiger partial charge in [0.2, 0.25) is 0 Å². The van der Waals surface area contributed by atoms with Gasteiger partial charge in [0, 0.05) is 6.42 Å². The molecule has 1 aliphatic rings. The second-order valence-electron chi connectivity index (χ2n) is 5.55. The van der Waals surface area contributed by atoms with Gasteiger partial charge in [0.1, 0.15) is 5.78 Å². The Balaban J connectivity index is 2.60. The lowest BCUT2D eigenvalue weighted by Gasteiger charge is -2.39. The van der Waals surface area contributed by atoms with Gasteiger partial charge in [-0.1, -0.05) is 36.8 Å². The Morgan fingerprint density at radius 2 is 1.83 bits per heavy atom. The predicted octanol–water partition coefficient (Wildman–Crippen LogP) is 2.17. The average Bonchev–Trinajstić information content (AvgIpc) is 2.60. The Morgan fingerprint density at radius 1 is 1.13 bits per heavy atom. The predicted molar refractivity (Wildman–Crippen MR) is 82.6 cm³/mol. The molecule has 23 heavy (non-hydrogen) atoms. The molecule has 0 heterocycles. The van der Waals surface area contributed by atoms with Gasteiger partial charge in [0.05, 0.1) is 20.1 Å². The van der Waals surface area contributed by atoms with Crippen LogP contribution in [0.4, 0.5) is 4.79 Å². The molecule has 0 bridgehead atoms. The molecule has 2 unspecified atom stereocenters. The molecule has 1 aliphatic carbocycles. The highest BCUT2D eigenvalue weighted by atomic mass is 16.5. The molecule has 0 aromatic heterocycles. The van der Waals surface area contributed by atoms with Crippen molar-refractivity contribution < 1.29 is 23.9 Å². The van der Waals surface area contributed by atoms with E-state index >= 15 is 0 Å². The first-order valence-corrected chi connectivity index (χ1v) is 7.59. The molecule has 0 spiro atoms. The number of alkyl carbamates (subject to hydrolysis) is 1. The van der Waals surface area contributed by atoms with Gasteiger partial charge in [-0.15, -0.1) is 0 Å². The number of amides is 1. The maximum Gasteiger partial charge on any atom is 0.408 e. The molecule has 1 aromatic rings. The lowest BCUT2D eigenvalue weighted by atomic mass is 9.70. The van der Waals surface area contributed by atoms with Crippen LogP contribution in [0.5, 0.6) is 0 Å². The van der Waals surface area contributed by atoms with Crippen molar-refractivity contribution in [1.29, 1.82) is 0 Å². The topological polar surface area (TPSA) is 81.7 Å². The number of carbonyl (C=O) groups is 3. The molecule has 0 radical (unpaired) electrons. The molecule has 1 fully saturated rings. The molecule has 0 aliphatic heterocycles. The molecule has 6 nitrogen and oxygen atoms in total. The van der Waals surface area contributed by atoms with Gasteiger partial charge in [-0.2, -0.15) is 0 Å². The van der Waals surface area contributed by atoms with Gasteiger partial charge >= 0.3 is 12.1 Å². The summed E-state index contributed by atoms with van der Waals surface area (Å²) in [6.07, 6.45) is 1.72. The zero-order valence-electron chi connectivity index (χ0n) is 13.3. The van der Waals surface area contributed by atoms with E-state index in [1.165, 1.54) is 14.2 Å². The summed E-state index contributed by atoms with van der Waals surface area (Å²) in [4.78, 5) is 37.1. The number of esters is 1. The summed E-state index contributed by atoms with van der Waals surface area (Å²) >= 11 is 0. The van der Waals surface area contributed by atoms with Crippen molar-refractivity contribution in [2.24, 2.45) is 5.92 Å². The zero-order chi connectivity index (χ0) is 16.9. The summed E-state index contributed by atoms with van der Waals surface area (Å²) in [5.74, 6) is -1.40. The monoisotopic (exact) mass is 319 g/mol. The van der Waals surface area contributed by atoms with Crippen molar-refractivity contribution >= 4 is 17.8 Å². The number of ketones is 1. The molecule has 0 saturated heterocycles. The molecular formula is C17H21NO5. The number of nitrogens with one attached hydrogen (secondary N) is 1. The minimum atomic E-state index is -1.57. The maximum atomic E-state index is 12.7. The second-order valence-corrected chi connectivity index (χ2v) is 5.55. The number of hydrogen-bond acceptors (Lipinski definition) is 5. The van der Waals surface area contributed by atoms with Crippen LogP contribution in [0.1, 0.15) is 31.2 Å². The Labute approximate surface area is 135 Å². The van der Waals surface area contributed by atoms with Crippen molar-refractivity contribution in [2.75, 3.05) is 14.2 Å². The summed E-state index contributed by atoms with van der Waals surface area (Å²) in [6.45, 7) is 0. The molecular weight excluding hydrogens is 298 g/mol. The lowest BCUT2D eigenvalue weighted by Crippen LogP contribution is -2.59. The SMILES string of the molecule is COC(=O)NC(C(=O)OC)(c1ccccc1)C1CCCCC1=O. The number of rotatable bonds is 4. The molecule has 1 amide bonds. The van der Waals surface area contributed by atoms with Gasteiger partial charge < -0.3 is 14.8 Å². The van der Waals surface area contributed by atoms with Crippen LogP contribution in [-0.2, 0) is 24.6 Å². The summed E-state index contributed by atoms with van der Waals surface area (Å²) in [6, 6.07) is 8.70. The van der Waals surface area contributed by atoms with Gasteiger partial charge in [0.15, 0.2) is 5.54 Å². The molecule has 2 atom stereocenters. The normalized spacial score (nSPS) is 20.3. The molecule has 124 valence electrons. The van der Waals surface area contributed by atoms with Crippen molar-refractivity contribution in [2.45, 2.75) is 31.2 Å². The fourth-order valence-corrected chi connectivity index (χ4v) is 3.19. The highest BCUT2D eigenvalue weighted by Gasteiger charge is 2.53. The van der Waals surface area contributed by atoms with Crippen LogP contribution >= 0.6 is 0 Å². The van der Waals surface area contributed by atoms with E-state index < -0.39 is 23.5 Å². The third-order valence-corrected chi connectivity index (χ3v) is 4.30. The van der Waals surface area contributed by atoms with Crippen LogP contribution in [0.2, 0.25) is 0 Å². The van der Waals surface area contributed by atoms with Crippen LogP contribution in [-0.4, -0.2) is 32.1 Å². The fourth-order valence-electron chi connectivity index (χ4n) is 3.19. The standard InChI is InChI=1S/C17H21NO5/c1-22-15(20)17(18-16(21)23-2,12-8-4-3-5-9-12)13-10-6-7-11-14(13)19/h3-5,8-9,13H,6-7,10-11H2,1-2H3,(H,18,21). The first-order valence-electron chi connectivity index (χ1n) is 7.59. The van der Waals surface area contributed by atoms with Crippen LogP contribution < -0.4 is 5.32 Å². The summed E-state index contributed by atoms with van der Waals surface area (Å²) in [7, 11) is 2.46. The van der Waals surface area contributed by atoms with Gasteiger partial charge in [-0.3, -0.25) is 4.79 Å². The molecule has 1 N–H and O–H groups in total. The fraction of sp³-hybridized carbons (Fsp3) is 0.471. The van der Waals surface area contributed by atoms with E-state index in [9.17, 15) is 14.4 Å². The van der Waals surface area contributed by atoms with Crippen molar-refractivity contribution in [3.63, 3.8) is 0 Å². The minimum Gasteiger partial charge on any atom is -0.467 e. The smallest absolute Gasteiger partial charge is 0.408 e. The van der Waals surface area contributed by atoms with Crippen LogP contribution in [0.15, 0.2) is 30.3 Å². The molecule has 1 saturated carbocycles. The zero-order valence-corrected chi connectivity index (χ0v) is 13.3. The van der Waals surface area contributed by atoms with E-state index in [1.54, 1.807) is 30.3 Å². The minimum absolute atomic E-state index is 0.0538. The Bertz CT molecular complexity index is 586. The van der Waals surface area contributed by atoms with Crippen LogP contribution in [0.3, 0.4) is 0 Å². The second kappa shape index (κ2) is 7.26. The largest absolute Gasteiger partial charge is 0.467 e. The maximum absolute atomic E-state index is 12.7. The number of methoxy groups -OCH3 is 2. The van der Waals surface area contributed by atoms with Gasteiger partial charge in [0.25, 0.3) is 0 Å². The Kier molecular flexibility index (Phi) is 5.36. The van der Waals surface area contributed by atoms with Crippen molar-refractivity contribution in [3.8, 4) is 0 Å². The number of carbonyl (C=O) groups excluding carboxylic acids is 3. The van der Waals surface area contributed by atoms with Crippen LogP contribution in [0.25, 0.3) is 0 Å². The Hall–Kier alpha value is -2.37. The van der Waals surface area contributed by atoms with Gasteiger partial charge in [-0.05, 0) is 18.4 Å². The van der Waals surface area contributed by atoms with E-state index in [0.717, 1.165) is 12.8 Å². The quantitative estimate of drug-likeness (QED) is 0.860. The van der Waals surface area contributed by atoms with E-state index in [1.807, 2.05) is 0 Å². The number of hydrogen-bond donors (Lipinski definition) is 1. The van der Waals surface area contributed by atoms with E-state index in [-0.39, 0.29) is 5.78 Å². The lowest BCUT2D eigenvalue weighted by molar-refractivity contribution is -0.155.